The summed E-state index contributed by atoms with van der Waals surface area (Å²) in [5.74, 6) is -1.00. The molecule has 4 aliphatic rings. The number of halogens is 6. The van der Waals surface area contributed by atoms with Gasteiger partial charge >= 0.3 is 12.2 Å². The number of ether oxygens (including phenoxy) is 3. The molecule has 6 heterocycles. The van der Waals surface area contributed by atoms with E-state index in [0.717, 1.165) is 31.5 Å². The fourth-order valence-corrected chi connectivity index (χ4v) is 7.82. The minimum Gasteiger partial charge on any atom is -0.477 e. The van der Waals surface area contributed by atoms with Crippen molar-refractivity contribution >= 4 is 34.0 Å². The van der Waals surface area contributed by atoms with E-state index >= 15 is 4.39 Å². The highest BCUT2D eigenvalue weighted by Gasteiger charge is 2.50. The summed E-state index contributed by atoms with van der Waals surface area (Å²) in [5, 5.41) is 2.53. The lowest BCUT2D eigenvalue weighted by Gasteiger charge is -2.51. The number of alkyl halides is 4. The van der Waals surface area contributed by atoms with Crippen LogP contribution in [0.2, 0.25) is 5.02 Å². The van der Waals surface area contributed by atoms with Crippen molar-refractivity contribution in [3.8, 4) is 23.1 Å². The summed E-state index contributed by atoms with van der Waals surface area (Å²) in [4.78, 5) is 17.6. The van der Waals surface area contributed by atoms with Gasteiger partial charge in [-0.1, -0.05) is 11.6 Å². The van der Waals surface area contributed by atoms with Crippen molar-refractivity contribution in [2.75, 3.05) is 70.3 Å². The number of nitrogens with two attached hydrogens (primary N) is 1. The van der Waals surface area contributed by atoms with Gasteiger partial charge in [0, 0.05) is 37.2 Å². The minimum atomic E-state index is -4.95. The summed E-state index contributed by atoms with van der Waals surface area (Å²) < 4.78 is 92.2. The van der Waals surface area contributed by atoms with Crippen molar-refractivity contribution in [1.82, 2.24) is 25.2 Å². The molecular formula is C31H35ClF5N7O3. The van der Waals surface area contributed by atoms with Crippen molar-refractivity contribution in [3.05, 3.63) is 28.5 Å². The summed E-state index contributed by atoms with van der Waals surface area (Å²) in [6, 6.07) is 1.75. The van der Waals surface area contributed by atoms with Gasteiger partial charge in [-0.05, 0) is 51.5 Å². The summed E-state index contributed by atoms with van der Waals surface area (Å²) in [5.41, 5.74) is 1.76. The molecule has 0 bridgehead atoms. The Kier molecular flexibility index (Phi) is 8.25. The molecule has 3 saturated heterocycles. The van der Waals surface area contributed by atoms with Gasteiger partial charge in [-0.15, -0.1) is 0 Å². The monoisotopic (exact) mass is 683 g/mol. The SMILES string of the molecule is CNCCCN1c2nc(OC[C@@]34CCCN3C[C@H](F)C4)nc3c(F)c(-c4cc(N)cc(Cl)c4C(F)(F)F)nc(c23)OCCC12COC2. The van der Waals surface area contributed by atoms with Gasteiger partial charge in [0.1, 0.15) is 35.2 Å². The van der Waals surface area contributed by atoms with Gasteiger partial charge in [0.25, 0.3) is 0 Å². The Morgan fingerprint density at radius 2 is 2.00 bits per heavy atom. The Morgan fingerprint density at radius 1 is 1.19 bits per heavy atom. The number of nitrogens with zero attached hydrogens (tertiary/aromatic N) is 5. The molecular weight excluding hydrogens is 649 g/mol. The molecule has 3 fully saturated rings. The molecule has 7 rings (SSSR count). The molecule has 16 heteroatoms. The smallest absolute Gasteiger partial charge is 0.418 e. The van der Waals surface area contributed by atoms with Gasteiger partial charge in [0.2, 0.25) is 5.88 Å². The molecule has 3 N–H and O–H groups in total. The average molecular weight is 684 g/mol. The van der Waals surface area contributed by atoms with Crippen LogP contribution in [0.3, 0.4) is 0 Å². The van der Waals surface area contributed by atoms with E-state index in [9.17, 15) is 17.6 Å². The molecule has 0 amide bonds. The van der Waals surface area contributed by atoms with Crippen molar-refractivity contribution in [2.45, 2.75) is 55.5 Å². The van der Waals surface area contributed by atoms with Crippen LogP contribution in [0.5, 0.6) is 11.9 Å². The van der Waals surface area contributed by atoms with E-state index in [2.05, 4.69) is 20.2 Å². The predicted octanol–water partition coefficient (Wildman–Crippen LogP) is 5.01. The number of nitrogens with one attached hydrogen (secondary N) is 1. The second kappa shape index (κ2) is 12.0. The molecule has 1 spiro atoms. The largest absolute Gasteiger partial charge is 0.477 e. The van der Waals surface area contributed by atoms with Crippen LogP contribution in [0.4, 0.5) is 33.5 Å². The standard InChI is InChI=1S/C31H35ClF5N7O3/c1-39-6-3-8-44-26-21-25(41-28(42-26)47-16-29-4-2-7-43(29)13-17(33)12-29)23(34)24(40-27(21)46-9-5-30(44)14-45-15-30)19-10-18(38)11-20(32)22(19)31(35,36)37/h10-11,17,39H,2-9,12-16,38H2,1H3/t17-,29+/m1/s1. The second-order valence-corrected chi connectivity index (χ2v) is 13.3. The van der Waals surface area contributed by atoms with E-state index in [1.54, 1.807) is 0 Å². The van der Waals surface area contributed by atoms with Crippen LogP contribution in [0.25, 0.3) is 22.2 Å². The molecule has 0 saturated carbocycles. The molecule has 0 radical (unpaired) electrons. The first-order chi connectivity index (χ1) is 22.4. The van der Waals surface area contributed by atoms with Crippen molar-refractivity contribution in [3.63, 3.8) is 0 Å². The van der Waals surface area contributed by atoms with E-state index < -0.39 is 51.1 Å². The molecule has 1 aromatic carbocycles. The molecule has 47 heavy (non-hydrogen) atoms. The van der Waals surface area contributed by atoms with Crippen LogP contribution in [-0.2, 0) is 10.9 Å². The number of rotatable bonds is 8. The first kappa shape index (κ1) is 32.3. The molecule has 3 aromatic rings. The highest BCUT2D eigenvalue weighted by molar-refractivity contribution is 6.32. The Morgan fingerprint density at radius 3 is 2.72 bits per heavy atom. The Bertz CT molecular complexity index is 1690. The van der Waals surface area contributed by atoms with Crippen LogP contribution in [0.1, 0.15) is 37.7 Å². The van der Waals surface area contributed by atoms with Crippen molar-refractivity contribution in [1.29, 1.82) is 0 Å². The molecule has 0 aliphatic carbocycles. The minimum absolute atomic E-state index is 0.0678. The summed E-state index contributed by atoms with van der Waals surface area (Å²) in [6.45, 7) is 3.15. The molecule has 10 nitrogen and oxygen atoms in total. The van der Waals surface area contributed by atoms with E-state index in [1.165, 1.54) is 0 Å². The van der Waals surface area contributed by atoms with Crippen LogP contribution < -0.4 is 25.4 Å². The lowest BCUT2D eigenvalue weighted by atomic mass is 9.89. The zero-order valence-electron chi connectivity index (χ0n) is 25.7. The van der Waals surface area contributed by atoms with Crippen LogP contribution in [-0.4, -0.2) is 96.8 Å². The predicted molar refractivity (Wildman–Crippen MR) is 165 cm³/mol. The first-order valence-electron chi connectivity index (χ1n) is 15.7. The van der Waals surface area contributed by atoms with E-state index in [4.69, 9.17) is 36.5 Å². The maximum Gasteiger partial charge on any atom is 0.418 e. The maximum atomic E-state index is 16.8. The number of hydrogen-bond acceptors (Lipinski definition) is 10. The number of aromatic nitrogens is 3. The fourth-order valence-electron chi connectivity index (χ4n) is 7.49. The summed E-state index contributed by atoms with van der Waals surface area (Å²) in [6.07, 6.45) is -2.88. The fraction of sp³-hybridized carbons (Fsp3) is 0.581. The number of benzene rings is 1. The number of anilines is 2. The van der Waals surface area contributed by atoms with Crippen LogP contribution in [0, 0.1) is 5.82 Å². The summed E-state index contributed by atoms with van der Waals surface area (Å²) in [7, 11) is 1.84. The molecule has 2 aromatic heterocycles. The van der Waals surface area contributed by atoms with Crippen molar-refractivity contribution < 1.29 is 36.2 Å². The summed E-state index contributed by atoms with van der Waals surface area (Å²) >= 11 is 6.03. The number of nitrogen functional groups attached to an aromatic ring is 1. The van der Waals surface area contributed by atoms with E-state index in [1.807, 2.05) is 11.9 Å². The average Bonchev–Trinajstić information content (AvgIpc) is 3.50. The van der Waals surface area contributed by atoms with Crippen LogP contribution >= 0.6 is 11.6 Å². The van der Waals surface area contributed by atoms with Gasteiger partial charge in [-0.3, -0.25) is 4.90 Å². The normalized spacial score (nSPS) is 23.8. The quantitative estimate of drug-likeness (QED) is 0.191. The lowest BCUT2D eigenvalue weighted by Crippen LogP contribution is -2.64. The third-order valence-corrected chi connectivity index (χ3v) is 10.1. The first-order valence-corrected chi connectivity index (χ1v) is 16.0. The van der Waals surface area contributed by atoms with Gasteiger partial charge in [0.15, 0.2) is 5.82 Å². The van der Waals surface area contributed by atoms with Gasteiger partial charge in [-0.25, -0.2) is 13.8 Å². The van der Waals surface area contributed by atoms with Crippen molar-refractivity contribution in [2.24, 2.45) is 0 Å². The van der Waals surface area contributed by atoms with E-state index in [0.29, 0.717) is 52.1 Å². The number of hydrogen-bond donors (Lipinski definition) is 2. The van der Waals surface area contributed by atoms with Gasteiger partial charge in [-0.2, -0.15) is 23.1 Å². The van der Waals surface area contributed by atoms with Gasteiger partial charge in [0.05, 0.1) is 41.5 Å². The molecule has 254 valence electrons. The van der Waals surface area contributed by atoms with Gasteiger partial charge < -0.3 is 30.2 Å². The molecule has 2 atom stereocenters. The molecule has 0 unspecified atom stereocenters. The Balaban J connectivity index is 1.43. The molecule has 4 aliphatic heterocycles. The topological polar surface area (TPSA) is 111 Å². The van der Waals surface area contributed by atoms with E-state index in [-0.39, 0.29) is 47.5 Å². The second-order valence-electron chi connectivity index (χ2n) is 12.8. The highest BCUT2D eigenvalue weighted by atomic mass is 35.5. The maximum absolute atomic E-state index is 16.8. The zero-order chi connectivity index (χ0) is 33.1. The lowest BCUT2D eigenvalue weighted by molar-refractivity contribution is -0.137. The zero-order valence-corrected chi connectivity index (χ0v) is 26.5. The van der Waals surface area contributed by atoms with Crippen LogP contribution in [0.15, 0.2) is 12.1 Å². The number of fused-ring (bicyclic) bond motifs is 1. The third-order valence-electron chi connectivity index (χ3n) is 9.78. The number of pyridine rings is 1. The Labute approximate surface area is 272 Å². The highest BCUT2D eigenvalue weighted by Crippen LogP contribution is 2.48. The third kappa shape index (κ3) is 5.58. The Hall–Kier alpha value is -3.27.